The van der Waals surface area contributed by atoms with Crippen LogP contribution in [0.3, 0.4) is 0 Å². The Morgan fingerprint density at radius 3 is 1.44 bits per heavy atom. The van der Waals surface area contributed by atoms with Crippen LogP contribution in [0.25, 0.3) is 10.8 Å². The maximum Gasteiger partial charge on any atom is 0.437 e. The van der Waals surface area contributed by atoms with E-state index in [2.05, 4.69) is 20.9 Å². The van der Waals surface area contributed by atoms with Crippen molar-refractivity contribution in [1.82, 2.24) is 0 Å². The fourth-order valence-corrected chi connectivity index (χ4v) is 4.11. The van der Waals surface area contributed by atoms with E-state index in [1.807, 2.05) is 12.1 Å². The molecule has 2 fully saturated rings. The molecule has 0 spiro atoms. The average molecular weight is 437 g/mol. The summed E-state index contributed by atoms with van der Waals surface area (Å²) >= 11 is 0. The molecule has 2 aliphatic rings. The minimum Gasteiger partial charge on any atom is -0.298 e. The monoisotopic (exact) mass is 436 g/mol. The molecule has 2 aromatic carbocycles. The zero-order valence-corrected chi connectivity index (χ0v) is 18.1. The van der Waals surface area contributed by atoms with Crippen molar-refractivity contribution in [2.45, 2.75) is 64.2 Å². The van der Waals surface area contributed by atoms with Crippen LogP contribution in [0.4, 0.5) is 21.0 Å². The zero-order valence-electron chi connectivity index (χ0n) is 18.1. The second kappa shape index (κ2) is 10.7. The Morgan fingerprint density at radius 1 is 0.625 bits per heavy atom. The van der Waals surface area contributed by atoms with Crippen molar-refractivity contribution in [3.63, 3.8) is 0 Å². The van der Waals surface area contributed by atoms with Crippen molar-refractivity contribution in [3.05, 3.63) is 36.4 Å². The number of hydrogen-bond acceptors (Lipinski definition) is 6. The Balaban J connectivity index is 1.42. The Kier molecular flexibility index (Phi) is 7.32. The fourth-order valence-electron chi connectivity index (χ4n) is 4.11. The summed E-state index contributed by atoms with van der Waals surface area (Å²) in [6.45, 7) is 0. The van der Waals surface area contributed by atoms with Gasteiger partial charge in [0.2, 0.25) is 0 Å². The normalized spacial score (nSPS) is 16.2. The molecule has 0 saturated heterocycles. The van der Waals surface area contributed by atoms with E-state index in [4.69, 9.17) is 9.68 Å². The molecule has 2 saturated carbocycles. The smallest absolute Gasteiger partial charge is 0.298 e. The lowest BCUT2D eigenvalue weighted by Crippen LogP contribution is -2.14. The summed E-state index contributed by atoms with van der Waals surface area (Å²) in [4.78, 5) is 34.6. The van der Waals surface area contributed by atoms with Crippen molar-refractivity contribution in [2.75, 3.05) is 10.6 Å². The highest BCUT2D eigenvalue weighted by molar-refractivity contribution is 6.07. The molecule has 32 heavy (non-hydrogen) atoms. The van der Waals surface area contributed by atoms with Crippen molar-refractivity contribution in [3.8, 4) is 0 Å². The summed E-state index contributed by atoms with van der Waals surface area (Å²) in [6, 6.07) is 10.9. The highest BCUT2D eigenvalue weighted by Gasteiger charge is 2.13. The zero-order chi connectivity index (χ0) is 22.2. The van der Waals surface area contributed by atoms with Crippen LogP contribution in [0.5, 0.6) is 0 Å². The van der Waals surface area contributed by atoms with Gasteiger partial charge in [0.15, 0.2) is 0 Å². The van der Waals surface area contributed by atoms with Crippen LogP contribution < -0.4 is 10.6 Å². The lowest BCUT2D eigenvalue weighted by molar-refractivity contribution is 0.165. The van der Waals surface area contributed by atoms with Gasteiger partial charge in [0.1, 0.15) is 0 Å². The first-order valence-corrected chi connectivity index (χ1v) is 11.3. The first-order chi connectivity index (χ1) is 15.7. The maximum atomic E-state index is 12.3. The minimum atomic E-state index is -0.642. The molecule has 0 aromatic heterocycles. The molecule has 2 amide bonds. The van der Waals surface area contributed by atoms with Crippen LogP contribution in [0.15, 0.2) is 46.7 Å². The topological polar surface area (TPSA) is 101 Å². The molecule has 0 unspecified atom stereocenters. The van der Waals surface area contributed by atoms with E-state index < -0.39 is 12.2 Å². The number of carbonyl (C=O) groups is 2. The highest BCUT2D eigenvalue weighted by atomic mass is 16.7. The van der Waals surface area contributed by atoms with E-state index in [0.717, 1.165) is 73.6 Å². The summed E-state index contributed by atoms with van der Waals surface area (Å²) in [5.74, 6) is 0. The number of benzene rings is 2. The molecular formula is C24H28N4O4. The van der Waals surface area contributed by atoms with Gasteiger partial charge in [0.25, 0.3) is 0 Å². The van der Waals surface area contributed by atoms with Crippen molar-refractivity contribution in [2.24, 2.45) is 10.3 Å². The van der Waals surface area contributed by atoms with Gasteiger partial charge in [0.05, 0.1) is 22.8 Å². The Bertz CT molecular complexity index is 948. The number of anilines is 2. The largest absolute Gasteiger partial charge is 0.437 e. The van der Waals surface area contributed by atoms with Crippen LogP contribution in [0, 0.1) is 0 Å². The first kappa shape index (κ1) is 21.8. The molecule has 2 aromatic rings. The number of oxime groups is 2. The van der Waals surface area contributed by atoms with Crippen molar-refractivity contribution >= 4 is 45.8 Å². The van der Waals surface area contributed by atoms with E-state index >= 15 is 0 Å². The van der Waals surface area contributed by atoms with Crippen LogP contribution >= 0.6 is 0 Å². The van der Waals surface area contributed by atoms with Crippen LogP contribution in [-0.4, -0.2) is 23.6 Å². The first-order valence-electron chi connectivity index (χ1n) is 11.3. The van der Waals surface area contributed by atoms with Gasteiger partial charge in [-0.15, -0.1) is 0 Å². The fraction of sp³-hybridized carbons (Fsp3) is 0.417. The lowest BCUT2D eigenvalue weighted by atomic mass is 9.99. The third-order valence-electron chi connectivity index (χ3n) is 5.77. The third kappa shape index (κ3) is 5.84. The van der Waals surface area contributed by atoms with Crippen LogP contribution in [-0.2, 0) is 9.68 Å². The molecule has 8 heteroatoms. The number of nitrogens with zero attached hydrogens (tertiary/aromatic N) is 2. The molecular weight excluding hydrogens is 408 g/mol. The summed E-state index contributed by atoms with van der Waals surface area (Å²) in [6.07, 6.45) is 8.92. The van der Waals surface area contributed by atoms with Gasteiger partial charge in [-0.3, -0.25) is 20.3 Å². The molecule has 0 radical (unpaired) electrons. The van der Waals surface area contributed by atoms with Gasteiger partial charge in [-0.05, 0) is 63.5 Å². The molecule has 2 aliphatic carbocycles. The van der Waals surface area contributed by atoms with Crippen molar-refractivity contribution in [1.29, 1.82) is 0 Å². The molecule has 2 N–H and O–H groups in total. The Labute approximate surface area is 187 Å². The summed E-state index contributed by atoms with van der Waals surface area (Å²) in [5, 5.41) is 15.0. The molecule has 0 bridgehead atoms. The molecule has 0 heterocycles. The van der Waals surface area contributed by atoms with E-state index in [9.17, 15) is 9.59 Å². The van der Waals surface area contributed by atoms with Gasteiger partial charge >= 0.3 is 12.2 Å². The predicted octanol–water partition coefficient (Wildman–Crippen LogP) is 6.58. The van der Waals surface area contributed by atoms with Gasteiger partial charge in [0, 0.05) is 10.8 Å². The van der Waals surface area contributed by atoms with E-state index in [1.165, 1.54) is 12.8 Å². The quantitative estimate of drug-likeness (QED) is 0.417. The second-order valence-corrected chi connectivity index (χ2v) is 8.15. The lowest BCUT2D eigenvalue weighted by Gasteiger charge is -2.13. The molecule has 168 valence electrons. The third-order valence-corrected chi connectivity index (χ3v) is 5.77. The van der Waals surface area contributed by atoms with E-state index in [1.54, 1.807) is 24.3 Å². The van der Waals surface area contributed by atoms with E-state index in [-0.39, 0.29) is 0 Å². The SMILES string of the molecule is O=C(Nc1cccc2c(NC(=O)ON=C3CCCCC3)cccc12)ON=C1CCCCC1. The number of carbonyl (C=O) groups excluding carboxylic acids is 2. The molecule has 4 rings (SSSR count). The summed E-state index contributed by atoms with van der Waals surface area (Å²) in [5.41, 5.74) is 2.98. The average Bonchev–Trinajstić information content (AvgIpc) is 2.83. The summed E-state index contributed by atoms with van der Waals surface area (Å²) < 4.78 is 0. The Hall–Kier alpha value is -3.42. The minimum absolute atomic E-state index is 0.566. The highest BCUT2D eigenvalue weighted by Crippen LogP contribution is 2.29. The molecule has 0 aliphatic heterocycles. The number of fused-ring (bicyclic) bond motifs is 1. The van der Waals surface area contributed by atoms with Crippen LogP contribution in [0.2, 0.25) is 0 Å². The van der Waals surface area contributed by atoms with E-state index in [0.29, 0.717) is 11.4 Å². The van der Waals surface area contributed by atoms with Gasteiger partial charge in [-0.2, -0.15) is 0 Å². The Morgan fingerprint density at radius 2 is 1.03 bits per heavy atom. The predicted molar refractivity (Wildman–Crippen MR) is 125 cm³/mol. The van der Waals surface area contributed by atoms with Gasteiger partial charge < -0.3 is 0 Å². The van der Waals surface area contributed by atoms with Crippen molar-refractivity contribution < 1.29 is 19.3 Å². The van der Waals surface area contributed by atoms with Gasteiger partial charge in [-0.25, -0.2) is 9.59 Å². The number of rotatable bonds is 4. The second-order valence-electron chi connectivity index (χ2n) is 8.15. The summed E-state index contributed by atoms with van der Waals surface area (Å²) in [7, 11) is 0. The number of hydrogen-bond donors (Lipinski definition) is 2. The molecule has 0 atom stereocenters. The molecule has 8 nitrogen and oxygen atoms in total. The van der Waals surface area contributed by atoms with Gasteiger partial charge in [-0.1, -0.05) is 47.4 Å². The van der Waals surface area contributed by atoms with Crippen LogP contribution in [0.1, 0.15) is 64.2 Å². The standard InChI is InChI=1S/C24H28N4O4/c29-23(31-27-17-9-3-1-4-10-17)25-21-15-7-14-20-19(21)13-8-16-22(20)26-24(30)32-28-18-11-5-2-6-12-18/h7-8,13-16H,1-6,9-12H2,(H,25,29)(H,26,30). The number of nitrogens with one attached hydrogen (secondary N) is 2. The number of amides is 2. The maximum absolute atomic E-state index is 12.3.